The van der Waals surface area contributed by atoms with Gasteiger partial charge in [0.1, 0.15) is 0 Å². The van der Waals surface area contributed by atoms with Crippen molar-refractivity contribution in [3.05, 3.63) is 58.0 Å². The van der Waals surface area contributed by atoms with Gasteiger partial charge in [-0.1, -0.05) is 32.8 Å². The van der Waals surface area contributed by atoms with E-state index in [0.29, 0.717) is 5.02 Å². The first-order chi connectivity index (χ1) is 8.24. The van der Waals surface area contributed by atoms with Crippen LogP contribution < -0.4 is 5.43 Å². The van der Waals surface area contributed by atoms with Crippen molar-refractivity contribution in [1.29, 1.82) is 0 Å². The molecule has 17 heavy (non-hydrogen) atoms. The van der Waals surface area contributed by atoms with Gasteiger partial charge < -0.3 is 0 Å². The van der Waals surface area contributed by atoms with E-state index in [0.717, 1.165) is 15.8 Å². The van der Waals surface area contributed by atoms with Gasteiger partial charge in [-0.3, -0.25) is 5.43 Å². The van der Waals surface area contributed by atoms with Gasteiger partial charge >= 0.3 is 0 Å². The van der Waals surface area contributed by atoms with Crippen molar-refractivity contribution in [2.45, 2.75) is 0 Å². The number of halogens is 2. The fraction of sp³-hybridized carbons (Fsp3) is 0. The zero-order chi connectivity index (χ0) is 12.1. The number of nitrogens with zero attached hydrogens (tertiary/aromatic N) is 2. The first-order valence-corrected chi connectivity index (χ1v) is 6.09. The van der Waals surface area contributed by atoms with E-state index < -0.39 is 0 Å². The van der Waals surface area contributed by atoms with Crippen molar-refractivity contribution < 1.29 is 0 Å². The van der Waals surface area contributed by atoms with Gasteiger partial charge in [-0.2, -0.15) is 0 Å². The minimum Gasteiger partial charge on any atom is -0.260 e. The van der Waals surface area contributed by atoms with E-state index in [4.69, 9.17) is 11.6 Å². The maximum atomic E-state index is 5.76. The lowest BCUT2D eigenvalue weighted by Crippen LogP contribution is -1.84. The molecular formula is C12H9BrClN3. The average Bonchev–Trinajstić information content (AvgIpc) is 2.34. The molecule has 0 aliphatic carbocycles. The summed E-state index contributed by atoms with van der Waals surface area (Å²) < 4.78 is 1.03. The number of nitrogens with one attached hydrogen (secondary N) is 1. The molecule has 0 heterocycles. The van der Waals surface area contributed by atoms with E-state index >= 15 is 0 Å². The van der Waals surface area contributed by atoms with Crippen molar-refractivity contribution in [3.8, 4) is 0 Å². The summed E-state index contributed by atoms with van der Waals surface area (Å²) >= 11 is 9.13. The first kappa shape index (κ1) is 12.1. The highest BCUT2D eigenvalue weighted by Gasteiger charge is 1.91. The Bertz CT molecular complexity index is 508. The van der Waals surface area contributed by atoms with Gasteiger partial charge in [-0.15, -0.1) is 5.11 Å². The molecule has 3 nitrogen and oxygen atoms in total. The van der Waals surface area contributed by atoms with Gasteiger partial charge in [0.05, 0.1) is 11.4 Å². The molecule has 2 aromatic carbocycles. The molecule has 2 aromatic rings. The van der Waals surface area contributed by atoms with E-state index in [1.54, 1.807) is 24.3 Å². The van der Waals surface area contributed by atoms with Gasteiger partial charge in [-0.25, -0.2) is 0 Å². The molecule has 0 atom stereocenters. The first-order valence-electron chi connectivity index (χ1n) is 4.92. The Morgan fingerprint density at radius 1 is 0.941 bits per heavy atom. The molecule has 0 spiro atoms. The van der Waals surface area contributed by atoms with Crippen LogP contribution >= 0.6 is 27.5 Å². The minimum atomic E-state index is 0.685. The van der Waals surface area contributed by atoms with Crippen molar-refractivity contribution >= 4 is 38.9 Å². The Labute approximate surface area is 113 Å². The molecule has 0 fully saturated rings. The predicted molar refractivity (Wildman–Crippen MR) is 73.7 cm³/mol. The second kappa shape index (κ2) is 5.80. The van der Waals surface area contributed by atoms with Gasteiger partial charge in [0.2, 0.25) is 0 Å². The Kier molecular flexibility index (Phi) is 4.12. The number of hydrogen-bond acceptors (Lipinski definition) is 2. The van der Waals surface area contributed by atoms with Gasteiger partial charge in [-0.05, 0) is 48.5 Å². The second-order valence-electron chi connectivity index (χ2n) is 3.30. The third-order valence-electron chi connectivity index (χ3n) is 2.02. The largest absolute Gasteiger partial charge is 0.260 e. The summed E-state index contributed by atoms with van der Waals surface area (Å²) in [7, 11) is 0. The van der Waals surface area contributed by atoms with Crippen molar-refractivity contribution in [2.24, 2.45) is 10.3 Å². The molecule has 5 heteroatoms. The number of anilines is 1. The van der Waals surface area contributed by atoms with Crippen molar-refractivity contribution in [1.82, 2.24) is 0 Å². The number of rotatable bonds is 3. The standard InChI is InChI=1S/C12H9BrClN3/c13-9-1-5-11(6-2-9)15-17-16-12-7-3-10(14)4-8-12/h1-8H,(H,15,16). The lowest BCUT2D eigenvalue weighted by Gasteiger charge is -1.98. The predicted octanol–water partition coefficient (Wildman–Crippen LogP) is 5.21. The Morgan fingerprint density at radius 3 is 2.24 bits per heavy atom. The summed E-state index contributed by atoms with van der Waals surface area (Å²) in [5, 5.41) is 8.58. The second-order valence-corrected chi connectivity index (χ2v) is 4.65. The molecule has 0 saturated carbocycles. The Balaban J connectivity index is 1.97. The minimum absolute atomic E-state index is 0.685. The van der Waals surface area contributed by atoms with Crippen molar-refractivity contribution in [2.75, 3.05) is 5.43 Å². The van der Waals surface area contributed by atoms with Crippen LogP contribution in [-0.2, 0) is 0 Å². The highest BCUT2D eigenvalue weighted by Crippen LogP contribution is 2.17. The molecule has 2 rings (SSSR count). The van der Waals surface area contributed by atoms with Gasteiger partial charge in [0.15, 0.2) is 0 Å². The molecule has 0 bridgehead atoms. The quantitative estimate of drug-likeness (QED) is 0.613. The fourth-order valence-electron chi connectivity index (χ4n) is 1.17. The molecule has 0 radical (unpaired) electrons. The number of hydrogen-bond donors (Lipinski definition) is 1. The smallest absolute Gasteiger partial charge is 0.0875 e. The molecule has 0 aromatic heterocycles. The summed E-state index contributed by atoms with van der Waals surface area (Å²) in [4.78, 5) is 0. The summed E-state index contributed by atoms with van der Waals surface area (Å²) in [5.41, 5.74) is 4.47. The van der Waals surface area contributed by atoms with E-state index in [2.05, 4.69) is 31.7 Å². The monoisotopic (exact) mass is 309 g/mol. The van der Waals surface area contributed by atoms with Crippen LogP contribution in [0.2, 0.25) is 5.02 Å². The van der Waals surface area contributed by atoms with E-state index in [-0.39, 0.29) is 0 Å². The fourth-order valence-corrected chi connectivity index (χ4v) is 1.56. The molecular weight excluding hydrogens is 302 g/mol. The van der Waals surface area contributed by atoms with Gasteiger partial charge in [0.25, 0.3) is 0 Å². The summed E-state index contributed by atoms with van der Waals surface area (Å²) in [5.74, 6) is 0. The molecule has 0 unspecified atom stereocenters. The van der Waals surface area contributed by atoms with Crippen LogP contribution in [-0.4, -0.2) is 0 Å². The van der Waals surface area contributed by atoms with Crippen LogP contribution in [0.1, 0.15) is 0 Å². The van der Waals surface area contributed by atoms with Crippen LogP contribution in [0.5, 0.6) is 0 Å². The Morgan fingerprint density at radius 2 is 1.59 bits per heavy atom. The average molecular weight is 311 g/mol. The van der Waals surface area contributed by atoms with Gasteiger partial charge in [0, 0.05) is 9.50 Å². The van der Waals surface area contributed by atoms with Crippen LogP contribution in [0.15, 0.2) is 63.3 Å². The summed E-state index contributed by atoms with van der Waals surface area (Å²) in [6.45, 7) is 0. The van der Waals surface area contributed by atoms with E-state index in [1.807, 2.05) is 24.3 Å². The van der Waals surface area contributed by atoms with Crippen molar-refractivity contribution in [3.63, 3.8) is 0 Å². The normalized spacial score (nSPS) is 10.7. The SMILES string of the molecule is Clc1ccc(N=NNc2ccc(Br)cc2)cc1. The lowest BCUT2D eigenvalue weighted by molar-refractivity contribution is 1.13. The highest BCUT2D eigenvalue weighted by molar-refractivity contribution is 9.10. The van der Waals surface area contributed by atoms with Crippen LogP contribution in [0.25, 0.3) is 0 Å². The zero-order valence-corrected chi connectivity index (χ0v) is 11.1. The topological polar surface area (TPSA) is 36.8 Å². The van der Waals surface area contributed by atoms with E-state index in [9.17, 15) is 0 Å². The number of benzene rings is 2. The molecule has 0 saturated heterocycles. The molecule has 0 aliphatic rings. The maximum Gasteiger partial charge on any atom is 0.0875 e. The van der Waals surface area contributed by atoms with Crippen LogP contribution in [0.4, 0.5) is 11.4 Å². The summed E-state index contributed by atoms with van der Waals surface area (Å²) in [6.07, 6.45) is 0. The summed E-state index contributed by atoms with van der Waals surface area (Å²) in [6, 6.07) is 14.8. The maximum absolute atomic E-state index is 5.76. The lowest BCUT2D eigenvalue weighted by atomic mass is 10.3. The molecule has 1 N–H and O–H groups in total. The Hall–Kier alpha value is -1.39. The van der Waals surface area contributed by atoms with E-state index in [1.165, 1.54) is 0 Å². The third-order valence-corrected chi connectivity index (χ3v) is 2.80. The van der Waals surface area contributed by atoms with Crippen LogP contribution in [0, 0.1) is 0 Å². The van der Waals surface area contributed by atoms with Crippen LogP contribution in [0.3, 0.4) is 0 Å². The third kappa shape index (κ3) is 3.84. The molecule has 0 amide bonds. The molecule has 86 valence electrons. The molecule has 0 aliphatic heterocycles. The zero-order valence-electron chi connectivity index (χ0n) is 8.77. The highest BCUT2D eigenvalue weighted by atomic mass is 79.9.